The zero-order chi connectivity index (χ0) is 48.1. The van der Waals surface area contributed by atoms with E-state index in [1.54, 1.807) is 18.3 Å². The van der Waals surface area contributed by atoms with Gasteiger partial charge in [-0.3, -0.25) is 9.59 Å². The molecule has 2 aromatic heterocycles. The number of hydrogen-bond acceptors (Lipinski definition) is 17. The number of carboxylic acid groups (broad SMARTS) is 1. The molecule has 1 aliphatic carbocycles. The van der Waals surface area contributed by atoms with Gasteiger partial charge in [0, 0.05) is 53.0 Å². The van der Waals surface area contributed by atoms with E-state index in [1.165, 1.54) is 0 Å². The van der Waals surface area contributed by atoms with Crippen LogP contribution in [0, 0.1) is 17.8 Å². The highest BCUT2D eigenvalue weighted by Crippen LogP contribution is 2.62. The number of H-pyrrole nitrogens is 1. The van der Waals surface area contributed by atoms with Crippen molar-refractivity contribution in [2.45, 2.75) is 111 Å². The van der Waals surface area contributed by atoms with Crippen LogP contribution < -0.4 is 35.2 Å². The molecule has 20 nitrogen and oxygen atoms in total. The van der Waals surface area contributed by atoms with Gasteiger partial charge in [0.05, 0.1) is 35.8 Å². The predicted octanol–water partition coefficient (Wildman–Crippen LogP) is 0.880. The Morgan fingerprint density at radius 3 is 2.57 bits per heavy atom. The number of nitrogens with one attached hydrogen (secondary N) is 1. The van der Waals surface area contributed by atoms with Gasteiger partial charge in [-0.2, -0.15) is 0 Å². The molecule has 11 rings (SSSR count). The summed E-state index contributed by atoms with van der Waals surface area (Å²) in [6, 6.07) is 16.5. The fraction of sp³-hybridized carbons (Fsp3) is 0.429. The smallest absolute Gasteiger partial charge is 0.317 e. The summed E-state index contributed by atoms with van der Waals surface area (Å²) < 4.78 is 46.7. The molecule has 5 aliphatic heterocycles. The topological polar surface area (TPSA) is 313 Å². The van der Waals surface area contributed by atoms with Crippen LogP contribution in [-0.2, 0) is 38.6 Å². The van der Waals surface area contributed by atoms with Crippen molar-refractivity contribution in [2.75, 3.05) is 13.4 Å². The zero-order valence-electron chi connectivity index (χ0n) is 36.8. The fourth-order valence-electron chi connectivity index (χ4n) is 11.5. The van der Waals surface area contributed by atoms with E-state index >= 15 is 0 Å². The van der Waals surface area contributed by atoms with Gasteiger partial charge in [0.15, 0.2) is 30.0 Å². The molecular formula is C49H50N4O16. The lowest BCUT2D eigenvalue weighted by molar-refractivity contribution is -0.384. The molecule has 6 aliphatic rings. The molecule has 3 aromatic carbocycles. The Labute approximate surface area is 392 Å². The molecule has 0 radical (unpaired) electrons. The Morgan fingerprint density at radius 1 is 1.00 bits per heavy atom. The second-order valence-electron chi connectivity index (χ2n) is 18.5. The summed E-state index contributed by atoms with van der Waals surface area (Å²) in [7, 11) is 0. The van der Waals surface area contributed by atoms with E-state index in [9.17, 15) is 45.3 Å². The van der Waals surface area contributed by atoms with Gasteiger partial charge in [0.1, 0.15) is 60.6 Å². The maximum Gasteiger partial charge on any atom is 0.317 e. The maximum absolute atomic E-state index is 12.8. The third kappa shape index (κ3) is 7.10. The summed E-state index contributed by atoms with van der Waals surface area (Å²) in [5.74, 6) is 2.43. The number of carbonyl (C=O) groups is 2. The number of ether oxygens (including phenoxy) is 7. The normalized spacial score (nSPS) is 30.7. The molecule has 6 bridgehead atoms. The minimum absolute atomic E-state index is 0.0553. The maximum atomic E-state index is 12.8. The van der Waals surface area contributed by atoms with Crippen molar-refractivity contribution in [3.05, 3.63) is 101 Å². The van der Waals surface area contributed by atoms with Gasteiger partial charge in [0.25, 0.3) is 0 Å². The summed E-state index contributed by atoms with van der Waals surface area (Å²) in [6.07, 6.45) is -9.09. The second kappa shape index (κ2) is 16.9. The minimum Gasteiger partial charge on any atom is -0.487 e. The lowest BCUT2D eigenvalue weighted by Gasteiger charge is -2.60. The molecule has 2 fully saturated rings. The van der Waals surface area contributed by atoms with Gasteiger partial charge >= 0.3 is 11.9 Å². The Morgan fingerprint density at radius 2 is 1.81 bits per heavy atom. The molecule has 0 amide bonds. The average Bonchev–Trinajstić information content (AvgIpc) is 4.00. The second-order valence-corrected chi connectivity index (χ2v) is 18.5. The van der Waals surface area contributed by atoms with Gasteiger partial charge in [-0.25, -0.2) is 0 Å². The molecule has 5 aromatic rings. The first-order chi connectivity index (χ1) is 33.2. The Hall–Kier alpha value is -6.38. The van der Waals surface area contributed by atoms with Crippen LogP contribution in [0.25, 0.3) is 10.9 Å². The van der Waals surface area contributed by atoms with E-state index in [1.807, 2.05) is 53.2 Å². The molecule has 12 unspecified atom stereocenters. The monoisotopic (exact) mass is 950 g/mol. The van der Waals surface area contributed by atoms with Crippen LogP contribution in [0.15, 0.2) is 67.0 Å². The van der Waals surface area contributed by atoms with Crippen molar-refractivity contribution < 1.29 is 78.5 Å². The minimum atomic E-state index is -2.31. The van der Waals surface area contributed by atoms with Crippen molar-refractivity contribution in [2.24, 2.45) is 17.4 Å². The highest BCUT2D eigenvalue weighted by Gasteiger charge is 2.71. The van der Waals surface area contributed by atoms with Crippen LogP contribution in [0.2, 0.25) is 0 Å². The van der Waals surface area contributed by atoms with Crippen LogP contribution in [0.4, 0.5) is 0 Å². The molecule has 12 N–H and O–H groups in total. The molecule has 1 saturated heterocycles. The SMILES string of the molecule is NC(N)C(OC(=O)CC(=O)O)C1OC2Oc3cc4c(c(Cn5cc6cc[nH]c6c5CO)c3CC3CCC1(O)C(O)C32O)C1Oc2c3ccc(OCO)c2OCC(O)C#CC(c2ccccc2)C(O4)C31. The first-order valence-electron chi connectivity index (χ1n) is 22.7. The summed E-state index contributed by atoms with van der Waals surface area (Å²) in [5, 5.41) is 79.4. The third-order valence-electron chi connectivity index (χ3n) is 14.7. The first-order valence-corrected chi connectivity index (χ1v) is 22.7. The Balaban J connectivity index is 1.12. The van der Waals surface area contributed by atoms with E-state index in [2.05, 4.69) is 16.8 Å². The summed E-state index contributed by atoms with van der Waals surface area (Å²) in [5.41, 5.74) is 12.1. The number of benzene rings is 3. The number of hydrogen-bond donors (Lipinski definition) is 10. The van der Waals surface area contributed by atoms with Crippen LogP contribution in [-0.4, -0.2) is 125 Å². The lowest BCUT2D eigenvalue weighted by Crippen LogP contribution is -2.80. The van der Waals surface area contributed by atoms with Gasteiger partial charge < -0.3 is 89.9 Å². The van der Waals surface area contributed by atoms with Crippen molar-refractivity contribution in [3.63, 3.8) is 0 Å². The highest BCUT2D eigenvalue weighted by atomic mass is 16.7. The Bertz CT molecular complexity index is 2910. The van der Waals surface area contributed by atoms with Gasteiger partial charge in [-0.1, -0.05) is 48.2 Å². The molecular weight excluding hydrogens is 901 g/mol. The van der Waals surface area contributed by atoms with Crippen molar-refractivity contribution in [1.82, 2.24) is 9.55 Å². The van der Waals surface area contributed by atoms with Gasteiger partial charge in [-0.05, 0) is 42.5 Å². The number of aliphatic hydroxyl groups excluding tert-OH is 4. The van der Waals surface area contributed by atoms with E-state index in [0.717, 1.165) is 10.9 Å². The lowest BCUT2D eigenvalue weighted by atomic mass is 9.60. The molecule has 20 heteroatoms. The number of aromatic amines is 1. The van der Waals surface area contributed by atoms with Crippen LogP contribution in [0.3, 0.4) is 0 Å². The van der Waals surface area contributed by atoms with Crippen molar-refractivity contribution in [1.29, 1.82) is 0 Å². The largest absolute Gasteiger partial charge is 0.487 e. The zero-order valence-corrected chi connectivity index (χ0v) is 36.8. The molecule has 69 heavy (non-hydrogen) atoms. The number of nitrogens with zero attached hydrogens (tertiary/aromatic N) is 1. The number of rotatable bonds is 11. The summed E-state index contributed by atoms with van der Waals surface area (Å²) in [6.45, 7) is -1.18. The number of aromatic nitrogens is 2. The third-order valence-corrected chi connectivity index (χ3v) is 14.7. The van der Waals surface area contributed by atoms with E-state index in [-0.39, 0.29) is 62.0 Å². The number of aliphatic hydroxyl groups is 6. The number of nitrogens with two attached hydrogens (primary N) is 2. The Kier molecular flexibility index (Phi) is 11.1. The number of aliphatic carboxylic acids is 1. The molecule has 7 heterocycles. The summed E-state index contributed by atoms with van der Waals surface area (Å²) in [4.78, 5) is 27.4. The predicted molar refractivity (Wildman–Crippen MR) is 237 cm³/mol. The van der Waals surface area contributed by atoms with Crippen LogP contribution >= 0.6 is 0 Å². The number of esters is 1. The quantitative estimate of drug-likeness (QED) is 0.0380. The van der Waals surface area contributed by atoms with E-state index in [0.29, 0.717) is 39.2 Å². The number of carboxylic acids is 1. The van der Waals surface area contributed by atoms with Crippen LogP contribution in [0.1, 0.15) is 70.7 Å². The molecule has 12 atom stereocenters. The van der Waals surface area contributed by atoms with Crippen molar-refractivity contribution >= 4 is 22.8 Å². The van der Waals surface area contributed by atoms with E-state index in [4.69, 9.17) is 44.6 Å². The molecule has 0 spiro atoms. The van der Waals surface area contributed by atoms with Crippen molar-refractivity contribution in [3.8, 4) is 40.6 Å². The summed E-state index contributed by atoms with van der Waals surface area (Å²) >= 11 is 0. The van der Waals surface area contributed by atoms with Crippen LogP contribution in [0.5, 0.6) is 28.7 Å². The molecule has 362 valence electrons. The standard InChI is InChI=1S/C49H50N4O16/c50-45(51)43(67-35(59)16-34(57)58)44-48(61)12-10-24-14-28-29(18-53-17-23-11-13-52-38(23)30(53)19-54)36-33(15-32(28)66-47(69-44)49(24,62)46(48)60)65-39-26(22-4-2-1-3-5-22)7-6-25(56)20-63-41-31(64-21-55)9-8-27-37(39)42(36)68-40(27)41/h1-5,8-9,11,13,15,17,24-26,37,39,42-47,52,54-56,60-62H,10,12,14,16,18-21,50-51H2,(H,57,58). The highest BCUT2D eigenvalue weighted by molar-refractivity contribution is 5.90. The number of carbonyl (C=O) groups excluding carboxylic acids is 1. The number of fused-ring (bicyclic) bond motifs is 5. The first kappa shape index (κ1) is 45.1. The van der Waals surface area contributed by atoms with E-state index < -0.39 is 103 Å². The van der Waals surface area contributed by atoms with Gasteiger partial charge in [-0.15, -0.1) is 0 Å². The average molecular weight is 951 g/mol. The van der Waals surface area contributed by atoms with Gasteiger partial charge in [0.2, 0.25) is 12.0 Å². The molecule has 1 saturated carbocycles. The fourth-order valence-corrected chi connectivity index (χ4v) is 11.5.